The van der Waals surface area contributed by atoms with Crippen molar-refractivity contribution < 1.29 is 24.5 Å². The van der Waals surface area contributed by atoms with E-state index in [0.29, 0.717) is 35.1 Å². The molecule has 2 aliphatic heterocycles. The molecule has 4 aromatic rings. The maximum atomic E-state index is 13.2. The van der Waals surface area contributed by atoms with E-state index in [1.807, 2.05) is 73.3 Å². The van der Waals surface area contributed by atoms with E-state index in [2.05, 4.69) is 5.32 Å². The molecule has 4 heterocycles. The van der Waals surface area contributed by atoms with Crippen LogP contribution in [0.25, 0.3) is 33.0 Å². The zero-order valence-corrected chi connectivity index (χ0v) is 21.4. The summed E-state index contributed by atoms with van der Waals surface area (Å²) in [7, 11) is 1.92. The Morgan fingerprint density at radius 3 is 2.24 bits per heavy atom. The Balaban J connectivity index is 1.38. The van der Waals surface area contributed by atoms with Crippen LogP contribution in [-0.4, -0.2) is 49.5 Å². The number of hydrogen-bond acceptors (Lipinski definition) is 5. The van der Waals surface area contributed by atoms with Gasteiger partial charge in [-0.1, -0.05) is 36.4 Å². The average molecular weight is 514 g/mol. The van der Waals surface area contributed by atoms with Crippen LogP contribution in [0.15, 0.2) is 60.9 Å². The molecule has 3 N–H and O–H groups in total. The molecular formula is C30H31N3O5. The van der Waals surface area contributed by atoms with Gasteiger partial charge in [-0.2, -0.15) is 0 Å². The largest absolute Gasteiger partial charge is 0.390 e. The molecule has 0 spiro atoms. The summed E-state index contributed by atoms with van der Waals surface area (Å²) in [5.74, 6) is -0.868. The van der Waals surface area contributed by atoms with Gasteiger partial charge in [0.05, 0.1) is 35.0 Å². The summed E-state index contributed by atoms with van der Waals surface area (Å²) in [5.41, 5.74) is 3.72. The Hall–Kier alpha value is -3.72. The maximum absolute atomic E-state index is 13.2. The number of aliphatic hydroxyl groups is 2. The number of rotatable bonds is 7. The van der Waals surface area contributed by atoms with Gasteiger partial charge in [0.1, 0.15) is 6.23 Å². The standard InChI is InChI=1S/C30H31N3O5/c1-17-25(34)14-18(38-17)8-7-13-26(35)33-16-22(20-10-4-6-12-24(20)33)28-27(29(36)31-30(28)37)21-15-32(2)23-11-5-3-9-19(21)23/h3-6,9-12,15-18,25-26,34-35H,7-8,13-14H2,1-2H3,(H,31,36,37)/t17-,18+,25+,26?/m1/s1. The second-order valence-electron chi connectivity index (χ2n) is 10.3. The Kier molecular flexibility index (Phi) is 6.18. The molecule has 2 amide bonds. The zero-order chi connectivity index (χ0) is 26.6. The van der Waals surface area contributed by atoms with Crippen LogP contribution in [0.4, 0.5) is 0 Å². The van der Waals surface area contributed by atoms with Crippen molar-refractivity contribution in [3.05, 3.63) is 72.1 Å². The summed E-state index contributed by atoms with van der Waals surface area (Å²) in [5, 5.41) is 25.3. The lowest BCUT2D eigenvalue weighted by atomic mass is 9.95. The SMILES string of the molecule is C[C@H]1O[C@@H](CCCC(O)n2cc(C3=C(c4cn(C)c5ccccc45)C(=O)NC3=O)c3ccccc32)C[C@@H]1O. The molecule has 2 aromatic carbocycles. The fourth-order valence-electron chi connectivity index (χ4n) is 5.92. The van der Waals surface area contributed by atoms with Gasteiger partial charge in [-0.15, -0.1) is 0 Å². The number of para-hydroxylation sites is 2. The highest BCUT2D eigenvalue weighted by Crippen LogP contribution is 2.39. The van der Waals surface area contributed by atoms with Crippen molar-refractivity contribution in [2.75, 3.05) is 0 Å². The van der Waals surface area contributed by atoms with Crippen molar-refractivity contribution in [2.45, 2.75) is 57.1 Å². The summed E-state index contributed by atoms with van der Waals surface area (Å²) in [6.45, 7) is 1.87. The highest BCUT2D eigenvalue weighted by molar-refractivity contribution is 6.50. The lowest BCUT2D eigenvalue weighted by Crippen LogP contribution is -2.22. The minimum absolute atomic E-state index is 0.00854. The molecule has 1 unspecified atom stereocenters. The predicted octanol–water partition coefficient (Wildman–Crippen LogP) is 3.90. The first-order valence-corrected chi connectivity index (χ1v) is 13.1. The second-order valence-corrected chi connectivity index (χ2v) is 10.3. The van der Waals surface area contributed by atoms with Crippen molar-refractivity contribution in [3.8, 4) is 0 Å². The maximum Gasteiger partial charge on any atom is 0.259 e. The molecule has 0 saturated carbocycles. The number of fused-ring (bicyclic) bond motifs is 2. The summed E-state index contributed by atoms with van der Waals surface area (Å²) in [6, 6.07) is 15.4. The Morgan fingerprint density at radius 2 is 1.58 bits per heavy atom. The molecule has 8 nitrogen and oxygen atoms in total. The Morgan fingerprint density at radius 1 is 0.974 bits per heavy atom. The van der Waals surface area contributed by atoms with E-state index < -0.39 is 24.1 Å². The number of imide groups is 1. The third-order valence-electron chi connectivity index (χ3n) is 7.87. The number of amides is 2. The minimum atomic E-state index is -0.820. The normalized spacial score (nSPS) is 22.7. The number of carbonyl (C=O) groups excluding carboxylic acids is 2. The molecular weight excluding hydrogens is 482 g/mol. The van der Waals surface area contributed by atoms with Gasteiger partial charge in [-0.3, -0.25) is 14.9 Å². The molecule has 6 rings (SSSR count). The molecule has 0 bridgehead atoms. The van der Waals surface area contributed by atoms with E-state index in [9.17, 15) is 19.8 Å². The fourth-order valence-corrected chi connectivity index (χ4v) is 5.92. The molecule has 4 atom stereocenters. The second kappa shape index (κ2) is 9.54. The molecule has 1 fully saturated rings. The number of ether oxygens (including phenoxy) is 1. The van der Waals surface area contributed by atoms with Gasteiger partial charge in [-0.25, -0.2) is 0 Å². The van der Waals surface area contributed by atoms with Gasteiger partial charge in [0, 0.05) is 53.3 Å². The van der Waals surface area contributed by atoms with Crippen LogP contribution in [0.2, 0.25) is 0 Å². The Labute approximate surface area is 220 Å². The van der Waals surface area contributed by atoms with E-state index in [1.165, 1.54) is 0 Å². The van der Waals surface area contributed by atoms with E-state index in [4.69, 9.17) is 4.74 Å². The number of nitrogens with zero attached hydrogens (tertiary/aromatic N) is 2. The van der Waals surface area contributed by atoms with E-state index in [1.54, 1.807) is 10.8 Å². The smallest absolute Gasteiger partial charge is 0.259 e. The van der Waals surface area contributed by atoms with Crippen LogP contribution in [0, 0.1) is 0 Å². The monoisotopic (exact) mass is 513 g/mol. The van der Waals surface area contributed by atoms with Gasteiger partial charge in [0.25, 0.3) is 11.8 Å². The first-order valence-electron chi connectivity index (χ1n) is 13.1. The number of benzene rings is 2. The van der Waals surface area contributed by atoms with Crippen molar-refractivity contribution in [3.63, 3.8) is 0 Å². The molecule has 2 aliphatic rings. The van der Waals surface area contributed by atoms with Gasteiger partial charge < -0.3 is 24.1 Å². The number of aliphatic hydroxyl groups excluding tert-OH is 2. The lowest BCUT2D eigenvalue weighted by molar-refractivity contribution is -0.122. The number of hydrogen-bond donors (Lipinski definition) is 3. The van der Waals surface area contributed by atoms with E-state index in [-0.39, 0.29) is 12.2 Å². The van der Waals surface area contributed by atoms with Crippen molar-refractivity contribution in [1.82, 2.24) is 14.5 Å². The highest BCUT2D eigenvalue weighted by atomic mass is 16.5. The molecule has 0 radical (unpaired) electrons. The number of aryl methyl sites for hydroxylation is 1. The van der Waals surface area contributed by atoms with Crippen molar-refractivity contribution in [2.24, 2.45) is 7.05 Å². The van der Waals surface area contributed by atoms with Gasteiger partial charge >= 0.3 is 0 Å². The molecule has 196 valence electrons. The van der Waals surface area contributed by atoms with Crippen molar-refractivity contribution >= 4 is 44.8 Å². The van der Waals surface area contributed by atoms with Crippen molar-refractivity contribution in [1.29, 1.82) is 0 Å². The Bertz CT molecular complexity index is 1590. The molecule has 38 heavy (non-hydrogen) atoms. The fraction of sp³-hybridized carbons (Fsp3) is 0.333. The average Bonchev–Trinajstić information content (AvgIpc) is 3.62. The number of aromatic nitrogens is 2. The van der Waals surface area contributed by atoms with Gasteiger partial charge in [-0.05, 0) is 38.3 Å². The van der Waals surface area contributed by atoms with E-state index in [0.717, 1.165) is 34.6 Å². The molecule has 8 heteroatoms. The number of nitrogens with one attached hydrogen (secondary N) is 1. The third kappa shape index (κ3) is 4.05. The van der Waals surface area contributed by atoms with Crippen LogP contribution in [0.3, 0.4) is 0 Å². The highest BCUT2D eigenvalue weighted by Gasteiger charge is 2.36. The topological polar surface area (TPSA) is 106 Å². The lowest BCUT2D eigenvalue weighted by Gasteiger charge is -2.16. The van der Waals surface area contributed by atoms with E-state index >= 15 is 0 Å². The minimum Gasteiger partial charge on any atom is -0.390 e. The van der Waals surface area contributed by atoms with Crippen LogP contribution >= 0.6 is 0 Å². The number of carbonyl (C=O) groups is 2. The summed E-state index contributed by atoms with van der Waals surface area (Å²) >= 11 is 0. The van der Waals surface area contributed by atoms with Crippen LogP contribution in [0.5, 0.6) is 0 Å². The summed E-state index contributed by atoms with van der Waals surface area (Å²) in [6.07, 6.45) is 4.81. The van der Waals surface area contributed by atoms with Crippen LogP contribution in [0.1, 0.15) is 50.0 Å². The first kappa shape index (κ1) is 24.6. The van der Waals surface area contributed by atoms with Crippen LogP contribution < -0.4 is 5.32 Å². The van der Waals surface area contributed by atoms with Gasteiger partial charge in [0.2, 0.25) is 0 Å². The van der Waals surface area contributed by atoms with Gasteiger partial charge in [0.15, 0.2) is 0 Å². The third-order valence-corrected chi connectivity index (χ3v) is 7.87. The van der Waals surface area contributed by atoms with Crippen LogP contribution in [-0.2, 0) is 21.4 Å². The zero-order valence-electron chi connectivity index (χ0n) is 21.4. The quantitative estimate of drug-likeness (QED) is 0.325. The first-order chi connectivity index (χ1) is 18.3. The summed E-state index contributed by atoms with van der Waals surface area (Å²) in [4.78, 5) is 26.3. The molecule has 2 aromatic heterocycles. The molecule has 0 aliphatic carbocycles. The summed E-state index contributed by atoms with van der Waals surface area (Å²) < 4.78 is 9.52. The predicted molar refractivity (Wildman–Crippen MR) is 145 cm³/mol. The molecule has 1 saturated heterocycles.